The van der Waals surface area contributed by atoms with Crippen molar-refractivity contribution in [1.29, 1.82) is 0 Å². The van der Waals surface area contributed by atoms with Gasteiger partial charge in [-0.25, -0.2) is 4.99 Å². The maximum absolute atomic E-state index is 6.41. The minimum Gasteiger partial charge on any atom is -0.383 e. The minimum atomic E-state index is 0.246. The fourth-order valence-corrected chi connectivity index (χ4v) is 5.24. The van der Waals surface area contributed by atoms with E-state index in [2.05, 4.69) is 104 Å². The molecule has 2 unspecified atom stereocenters. The maximum atomic E-state index is 6.41. The molecule has 2 aromatic rings. The van der Waals surface area contributed by atoms with Gasteiger partial charge in [0.15, 0.2) is 0 Å². The van der Waals surface area contributed by atoms with E-state index in [1.807, 2.05) is 26.0 Å². The third-order valence-electron chi connectivity index (χ3n) is 7.46. The van der Waals surface area contributed by atoms with Crippen LogP contribution in [0.2, 0.25) is 0 Å². The maximum Gasteiger partial charge on any atom is 0.126 e. The third-order valence-corrected chi connectivity index (χ3v) is 7.46. The molecule has 3 heteroatoms. The Morgan fingerprint density at radius 3 is 2.63 bits per heavy atom. The average Bonchev–Trinajstić information content (AvgIpc) is 3.25. The zero-order valence-electron chi connectivity index (χ0n) is 22.5. The quantitative estimate of drug-likeness (QED) is 0.321. The molecule has 0 bridgehead atoms. The molecule has 0 fully saturated rings. The topological polar surface area (TPSA) is 50.7 Å². The number of hydrogen-bond acceptors (Lipinski definition) is 2. The number of rotatable bonds is 6. The Hall–Kier alpha value is -4.24. The zero-order chi connectivity index (χ0) is 26.6. The van der Waals surface area contributed by atoms with Crippen molar-refractivity contribution in [2.45, 2.75) is 39.7 Å². The van der Waals surface area contributed by atoms with Crippen molar-refractivity contribution >= 4 is 22.8 Å². The van der Waals surface area contributed by atoms with Crippen LogP contribution >= 0.6 is 0 Å². The van der Waals surface area contributed by atoms with Crippen LogP contribution in [0.15, 0.2) is 130 Å². The van der Waals surface area contributed by atoms with Crippen LogP contribution in [-0.2, 0) is 6.42 Å². The number of fused-ring (bicyclic) bond motifs is 2. The van der Waals surface area contributed by atoms with Crippen LogP contribution in [0.25, 0.3) is 11.3 Å². The van der Waals surface area contributed by atoms with Gasteiger partial charge in [0, 0.05) is 5.92 Å². The molecule has 1 aliphatic heterocycles. The second-order valence-corrected chi connectivity index (χ2v) is 10.2. The summed E-state index contributed by atoms with van der Waals surface area (Å²) in [5, 5.41) is 0. The molecule has 0 spiro atoms. The number of nitrogens with two attached hydrogens (primary N) is 1. The second kappa shape index (κ2) is 11.0. The number of dihydropyridines is 1. The first kappa shape index (κ1) is 25.4. The summed E-state index contributed by atoms with van der Waals surface area (Å²) in [5.41, 5.74) is 17.6. The van der Waals surface area contributed by atoms with Gasteiger partial charge in [0.1, 0.15) is 5.84 Å². The molecule has 190 valence electrons. The summed E-state index contributed by atoms with van der Waals surface area (Å²) >= 11 is 0. The molecular formula is C35H35N3. The first-order valence-corrected chi connectivity index (χ1v) is 13.3. The summed E-state index contributed by atoms with van der Waals surface area (Å²) in [5.74, 6) is 0.855. The van der Waals surface area contributed by atoms with E-state index in [4.69, 9.17) is 10.7 Å². The first-order chi connectivity index (χ1) is 18.4. The minimum absolute atomic E-state index is 0.246. The molecule has 38 heavy (non-hydrogen) atoms. The van der Waals surface area contributed by atoms with E-state index in [-0.39, 0.29) is 6.04 Å². The van der Waals surface area contributed by atoms with Gasteiger partial charge >= 0.3 is 0 Å². The number of benzene rings is 2. The van der Waals surface area contributed by atoms with Crippen molar-refractivity contribution in [1.82, 2.24) is 0 Å². The van der Waals surface area contributed by atoms with Crippen LogP contribution in [0.1, 0.15) is 49.4 Å². The van der Waals surface area contributed by atoms with E-state index in [0.29, 0.717) is 17.5 Å². The van der Waals surface area contributed by atoms with Gasteiger partial charge in [-0.05, 0) is 84.7 Å². The Bertz CT molecular complexity index is 1500. The van der Waals surface area contributed by atoms with Gasteiger partial charge in [-0.2, -0.15) is 0 Å². The highest BCUT2D eigenvalue weighted by Gasteiger charge is 2.24. The summed E-state index contributed by atoms with van der Waals surface area (Å²) in [6.07, 6.45) is 19.3. The molecule has 0 amide bonds. The third kappa shape index (κ3) is 5.38. The van der Waals surface area contributed by atoms with Gasteiger partial charge in [-0.1, -0.05) is 97.1 Å². The Kier molecular flexibility index (Phi) is 7.37. The lowest BCUT2D eigenvalue weighted by Gasteiger charge is -2.27. The summed E-state index contributed by atoms with van der Waals surface area (Å²) in [6.45, 7) is 10.4. The van der Waals surface area contributed by atoms with Gasteiger partial charge in [0.2, 0.25) is 0 Å². The Balaban J connectivity index is 1.29. The average molecular weight is 498 g/mol. The van der Waals surface area contributed by atoms with E-state index in [0.717, 1.165) is 35.3 Å². The number of nitrogens with zero attached hydrogens (tertiary/aromatic N) is 2. The monoisotopic (exact) mass is 497 g/mol. The SMILES string of the molecule is C=C(N=C(N)/C(C)=C/C1=C(C)Cc2ccccc21)c1ccc(C2=NC3C/C(=C\C=C/C)C=CC3C=C2)cc1. The number of hydrogen-bond donors (Lipinski definition) is 1. The van der Waals surface area contributed by atoms with E-state index in [1.54, 1.807) is 0 Å². The van der Waals surface area contributed by atoms with Crippen LogP contribution in [0.4, 0.5) is 0 Å². The predicted octanol–water partition coefficient (Wildman–Crippen LogP) is 7.80. The van der Waals surface area contributed by atoms with Crippen LogP contribution in [0.5, 0.6) is 0 Å². The van der Waals surface area contributed by atoms with Crippen molar-refractivity contribution < 1.29 is 0 Å². The molecule has 3 aliphatic rings. The Morgan fingerprint density at radius 2 is 1.84 bits per heavy atom. The van der Waals surface area contributed by atoms with Gasteiger partial charge in [0.05, 0.1) is 17.5 Å². The van der Waals surface area contributed by atoms with Crippen molar-refractivity contribution in [3.8, 4) is 0 Å². The highest BCUT2D eigenvalue weighted by molar-refractivity contribution is 6.09. The van der Waals surface area contributed by atoms with Crippen molar-refractivity contribution in [3.63, 3.8) is 0 Å². The number of aliphatic imine (C=N–C) groups is 2. The normalized spacial score (nSPS) is 22.2. The van der Waals surface area contributed by atoms with Gasteiger partial charge in [-0.15, -0.1) is 0 Å². The van der Waals surface area contributed by atoms with Crippen molar-refractivity contribution in [2.24, 2.45) is 21.6 Å². The number of amidine groups is 1. The van der Waals surface area contributed by atoms with E-state index in [1.165, 1.54) is 27.8 Å². The molecule has 0 saturated carbocycles. The predicted molar refractivity (Wildman–Crippen MR) is 163 cm³/mol. The lowest BCUT2D eigenvalue weighted by atomic mass is 9.85. The molecule has 0 radical (unpaired) electrons. The first-order valence-electron chi connectivity index (χ1n) is 13.3. The van der Waals surface area contributed by atoms with E-state index < -0.39 is 0 Å². The Labute approximate surface area is 226 Å². The summed E-state index contributed by atoms with van der Waals surface area (Å²) in [7, 11) is 0. The smallest absolute Gasteiger partial charge is 0.126 e. The molecule has 2 aromatic carbocycles. The van der Waals surface area contributed by atoms with Crippen molar-refractivity contribution in [3.05, 3.63) is 143 Å². The molecule has 0 aromatic heterocycles. The van der Waals surface area contributed by atoms with E-state index >= 15 is 0 Å². The molecule has 2 N–H and O–H groups in total. The largest absolute Gasteiger partial charge is 0.383 e. The molecule has 0 saturated heterocycles. The summed E-state index contributed by atoms with van der Waals surface area (Å²) < 4.78 is 0. The fraction of sp³-hybridized carbons (Fsp3) is 0.200. The summed E-state index contributed by atoms with van der Waals surface area (Å²) in [4.78, 5) is 9.73. The van der Waals surface area contributed by atoms with Gasteiger partial charge < -0.3 is 5.73 Å². The number of allylic oxidation sites excluding steroid dienone is 8. The van der Waals surface area contributed by atoms with Crippen LogP contribution < -0.4 is 5.73 Å². The molecule has 2 atom stereocenters. The fourth-order valence-electron chi connectivity index (χ4n) is 5.24. The highest BCUT2D eigenvalue weighted by atomic mass is 14.9. The molecule has 5 rings (SSSR count). The standard InChI is InChI=1S/C35H35N3/c1-5-6-9-26-12-13-29-18-19-33(38-34(29)22-26)28-16-14-27(15-17-28)25(4)37-35(36)24(3)21-32-23(2)20-30-10-7-8-11-31(30)32/h5-19,21,29,34H,4,20,22H2,1-3H3,(H2,36,37)/b6-5-,24-21+,26-9-. The summed E-state index contributed by atoms with van der Waals surface area (Å²) in [6, 6.07) is 17.1. The Morgan fingerprint density at radius 1 is 1.08 bits per heavy atom. The molecular weight excluding hydrogens is 462 g/mol. The lowest BCUT2D eigenvalue weighted by Crippen LogP contribution is -2.24. The van der Waals surface area contributed by atoms with Gasteiger partial charge in [-0.3, -0.25) is 4.99 Å². The van der Waals surface area contributed by atoms with Gasteiger partial charge in [0.25, 0.3) is 0 Å². The zero-order valence-corrected chi connectivity index (χ0v) is 22.5. The van der Waals surface area contributed by atoms with E-state index in [9.17, 15) is 0 Å². The second-order valence-electron chi connectivity index (χ2n) is 10.2. The lowest BCUT2D eigenvalue weighted by molar-refractivity contribution is 0.564. The van der Waals surface area contributed by atoms with Crippen LogP contribution in [-0.4, -0.2) is 17.6 Å². The molecule has 3 nitrogen and oxygen atoms in total. The van der Waals surface area contributed by atoms with Crippen molar-refractivity contribution in [2.75, 3.05) is 0 Å². The van der Waals surface area contributed by atoms with Crippen LogP contribution in [0.3, 0.4) is 0 Å². The highest BCUT2D eigenvalue weighted by Crippen LogP contribution is 2.34. The van der Waals surface area contributed by atoms with Crippen LogP contribution in [0, 0.1) is 5.92 Å². The molecule has 2 aliphatic carbocycles. The molecule has 1 heterocycles.